The molecule has 2 rings (SSSR count). The third-order valence-electron chi connectivity index (χ3n) is 3.63. The van der Waals surface area contributed by atoms with Crippen molar-refractivity contribution in [2.75, 3.05) is 24.6 Å². The molecule has 0 saturated carbocycles. The topological polar surface area (TPSA) is 64.4 Å². The van der Waals surface area contributed by atoms with Crippen molar-refractivity contribution in [3.05, 3.63) is 51.4 Å². The molecule has 0 fully saturated rings. The molecule has 1 heterocycles. The minimum absolute atomic E-state index is 0.128. The van der Waals surface area contributed by atoms with E-state index in [9.17, 15) is 9.59 Å². The van der Waals surface area contributed by atoms with Gasteiger partial charge in [0.2, 0.25) is 0 Å². The maximum absolute atomic E-state index is 12.5. The number of nitrogens with zero attached hydrogens (tertiary/aromatic N) is 3. The maximum atomic E-state index is 12.5. The lowest BCUT2D eigenvalue weighted by atomic mass is 10.2. The highest BCUT2D eigenvalue weighted by atomic mass is 35.5. The van der Waals surface area contributed by atoms with Crippen LogP contribution in [0.2, 0.25) is 5.02 Å². The molecule has 128 valence electrons. The van der Waals surface area contributed by atoms with Gasteiger partial charge in [-0.3, -0.25) is 4.79 Å². The number of carbonyl (C=O) groups excluding carboxylic acids is 1. The maximum Gasteiger partial charge on any atom is 0.338 e. The molecule has 0 aliphatic rings. The first-order valence-electron chi connectivity index (χ1n) is 7.83. The second-order valence-electron chi connectivity index (χ2n) is 5.00. The van der Waals surface area contributed by atoms with Gasteiger partial charge in [-0.1, -0.05) is 11.6 Å². The zero-order valence-corrected chi connectivity index (χ0v) is 14.7. The van der Waals surface area contributed by atoms with Crippen molar-refractivity contribution < 1.29 is 9.53 Å². The Morgan fingerprint density at radius 3 is 2.38 bits per heavy atom. The molecular formula is C17H20ClN3O3. The van der Waals surface area contributed by atoms with Crippen molar-refractivity contribution in [3.8, 4) is 5.69 Å². The number of hydrogen-bond donors (Lipinski definition) is 0. The fourth-order valence-corrected chi connectivity index (χ4v) is 2.59. The molecule has 0 saturated heterocycles. The van der Waals surface area contributed by atoms with Crippen molar-refractivity contribution in [3.63, 3.8) is 0 Å². The Balaban J connectivity index is 2.38. The highest BCUT2D eigenvalue weighted by Gasteiger charge is 2.15. The number of rotatable bonds is 6. The second-order valence-corrected chi connectivity index (χ2v) is 5.38. The number of esters is 1. The summed E-state index contributed by atoms with van der Waals surface area (Å²) in [5, 5.41) is 4.33. The van der Waals surface area contributed by atoms with Gasteiger partial charge in [0.15, 0.2) is 0 Å². The first-order valence-corrected chi connectivity index (χ1v) is 8.21. The summed E-state index contributed by atoms with van der Waals surface area (Å²) in [6.07, 6.45) is 1.58. The predicted octanol–water partition coefficient (Wildman–Crippen LogP) is 2.91. The number of halogens is 1. The van der Waals surface area contributed by atoms with Gasteiger partial charge >= 0.3 is 5.97 Å². The summed E-state index contributed by atoms with van der Waals surface area (Å²) in [5.41, 5.74) is 1.16. The fourth-order valence-electron chi connectivity index (χ4n) is 2.35. The Kier molecular flexibility index (Phi) is 5.98. The molecule has 1 aromatic carbocycles. The minimum atomic E-state index is -0.403. The number of hydrogen-bond acceptors (Lipinski definition) is 5. The van der Waals surface area contributed by atoms with Crippen molar-refractivity contribution in [1.29, 1.82) is 0 Å². The number of anilines is 1. The molecule has 0 radical (unpaired) electrons. The Bertz CT molecular complexity index is 768. The number of benzene rings is 1. The van der Waals surface area contributed by atoms with E-state index in [-0.39, 0.29) is 5.02 Å². The summed E-state index contributed by atoms with van der Waals surface area (Å²) < 4.78 is 6.15. The number of carbonyl (C=O) groups is 1. The summed E-state index contributed by atoms with van der Waals surface area (Å²) >= 11 is 6.23. The summed E-state index contributed by atoms with van der Waals surface area (Å²) in [6, 6.07) is 6.45. The van der Waals surface area contributed by atoms with Crippen LogP contribution in [-0.4, -0.2) is 35.4 Å². The largest absolute Gasteiger partial charge is 0.462 e. The predicted molar refractivity (Wildman–Crippen MR) is 94.4 cm³/mol. The number of aromatic nitrogens is 2. The third-order valence-corrected chi connectivity index (χ3v) is 3.98. The van der Waals surface area contributed by atoms with Gasteiger partial charge in [-0.05, 0) is 45.0 Å². The molecule has 6 nitrogen and oxygen atoms in total. The SMILES string of the molecule is CCOC(=O)c1ccc(-n2ncc(N(CC)CC)c(Cl)c2=O)cc1. The Hall–Kier alpha value is -2.34. The smallest absolute Gasteiger partial charge is 0.338 e. The average Bonchev–Trinajstić information content (AvgIpc) is 2.60. The molecule has 0 aliphatic carbocycles. The van der Waals surface area contributed by atoms with Crippen molar-refractivity contribution in [2.45, 2.75) is 20.8 Å². The van der Waals surface area contributed by atoms with Crippen LogP contribution in [0.1, 0.15) is 31.1 Å². The van der Waals surface area contributed by atoms with Crippen molar-refractivity contribution in [2.24, 2.45) is 0 Å². The standard InChI is InChI=1S/C17H20ClN3O3/c1-4-20(5-2)14-11-19-21(16(22)15(14)18)13-9-7-12(8-10-13)17(23)24-6-3/h7-11H,4-6H2,1-3H3. The van der Waals surface area contributed by atoms with Gasteiger partial charge in [0.1, 0.15) is 5.02 Å². The highest BCUT2D eigenvalue weighted by molar-refractivity contribution is 6.33. The summed E-state index contributed by atoms with van der Waals surface area (Å²) in [4.78, 5) is 26.1. The zero-order valence-electron chi connectivity index (χ0n) is 14.0. The summed E-state index contributed by atoms with van der Waals surface area (Å²) in [5.74, 6) is -0.403. The van der Waals surface area contributed by atoms with Gasteiger partial charge in [-0.2, -0.15) is 9.78 Å². The minimum Gasteiger partial charge on any atom is -0.462 e. The van der Waals surface area contributed by atoms with Crippen LogP contribution >= 0.6 is 11.6 Å². The molecule has 7 heteroatoms. The van der Waals surface area contributed by atoms with Crippen LogP contribution in [0.4, 0.5) is 5.69 Å². The van der Waals surface area contributed by atoms with Crippen molar-refractivity contribution >= 4 is 23.3 Å². The molecule has 0 spiro atoms. The second kappa shape index (κ2) is 7.97. The van der Waals surface area contributed by atoms with Gasteiger partial charge in [0, 0.05) is 13.1 Å². The first kappa shape index (κ1) is 18.0. The molecule has 0 N–H and O–H groups in total. The monoisotopic (exact) mass is 349 g/mol. The van der Waals surface area contributed by atoms with E-state index in [0.717, 1.165) is 13.1 Å². The molecule has 0 bridgehead atoms. The molecule has 0 aliphatic heterocycles. The van der Waals surface area contributed by atoms with E-state index in [1.54, 1.807) is 37.4 Å². The van der Waals surface area contributed by atoms with Crippen LogP contribution in [0, 0.1) is 0 Å². The van der Waals surface area contributed by atoms with E-state index in [4.69, 9.17) is 16.3 Å². The van der Waals surface area contributed by atoms with E-state index in [1.165, 1.54) is 4.68 Å². The van der Waals surface area contributed by atoms with E-state index < -0.39 is 11.5 Å². The third kappa shape index (κ3) is 3.59. The van der Waals surface area contributed by atoms with E-state index in [0.29, 0.717) is 23.5 Å². The molecule has 0 unspecified atom stereocenters. The lowest BCUT2D eigenvalue weighted by Gasteiger charge is -2.21. The van der Waals surface area contributed by atoms with E-state index in [2.05, 4.69) is 5.10 Å². The lowest BCUT2D eigenvalue weighted by molar-refractivity contribution is 0.0526. The first-order chi connectivity index (χ1) is 11.5. The average molecular weight is 350 g/mol. The van der Waals surface area contributed by atoms with Gasteiger partial charge in [0.25, 0.3) is 5.56 Å². The molecule has 24 heavy (non-hydrogen) atoms. The Morgan fingerprint density at radius 2 is 1.83 bits per heavy atom. The molecule has 1 aromatic heterocycles. The normalized spacial score (nSPS) is 10.5. The molecule has 2 aromatic rings. The summed E-state index contributed by atoms with van der Waals surface area (Å²) in [7, 11) is 0. The van der Waals surface area contributed by atoms with E-state index >= 15 is 0 Å². The van der Waals surface area contributed by atoms with Crippen LogP contribution < -0.4 is 10.5 Å². The van der Waals surface area contributed by atoms with Gasteiger partial charge in [-0.15, -0.1) is 0 Å². The zero-order chi connectivity index (χ0) is 17.7. The highest BCUT2D eigenvalue weighted by Crippen LogP contribution is 2.21. The molecule has 0 amide bonds. The molecular weight excluding hydrogens is 330 g/mol. The Morgan fingerprint density at radius 1 is 1.21 bits per heavy atom. The fraction of sp³-hybridized carbons (Fsp3) is 0.353. The van der Waals surface area contributed by atoms with Gasteiger partial charge < -0.3 is 9.64 Å². The quantitative estimate of drug-likeness (QED) is 0.750. The Labute approximate surface area is 145 Å². The summed E-state index contributed by atoms with van der Waals surface area (Å²) in [6.45, 7) is 7.49. The molecule has 0 atom stereocenters. The van der Waals surface area contributed by atoms with Gasteiger partial charge in [0.05, 0.1) is 29.7 Å². The van der Waals surface area contributed by atoms with Crippen LogP contribution in [0.25, 0.3) is 5.69 Å². The van der Waals surface area contributed by atoms with Crippen LogP contribution in [0.3, 0.4) is 0 Å². The lowest BCUT2D eigenvalue weighted by Crippen LogP contribution is -2.28. The van der Waals surface area contributed by atoms with Crippen LogP contribution in [0.15, 0.2) is 35.3 Å². The van der Waals surface area contributed by atoms with Gasteiger partial charge in [-0.25, -0.2) is 4.79 Å². The van der Waals surface area contributed by atoms with Crippen LogP contribution in [0.5, 0.6) is 0 Å². The number of ether oxygens (including phenoxy) is 1. The van der Waals surface area contributed by atoms with E-state index in [1.807, 2.05) is 18.7 Å². The van der Waals surface area contributed by atoms with Crippen molar-refractivity contribution in [1.82, 2.24) is 9.78 Å². The van der Waals surface area contributed by atoms with Crippen LogP contribution in [-0.2, 0) is 4.74 Å².